The number of nitrogens with zero attached hydrogens (tertiary/aromatic N) is 2. The maximum Gasteiger partial charge on any atom is 0.336 e. The average molecular weight is 166 g/mol. The van der Waals surface area contributed by atoms with Crippen LogP contribution in [0.25, 0.3) is 0 Å². The average Bonchev–Trinajstić information content (AvgIpc) is 2.17. The molecule has 0 aliphatic heterocycles. The van der Waals surface area contributed by atoms with Gasteiger partial charge in [-0.05, 0) is 12.1 Å². The summed E-state index contributed by atoms with van der Waals surface area (Å²) in [7, 11) is 1.59. The smallest absolute Gasteiger partial charge is 0.281 e. The van der Waals surface area contributed by atoms with Crippen LogP contribution in [0, 0.1) is 0 Å². The highest BCUT2D eigenvalue weighted by atomic mass is 16.2. The highest BCUT2D eigenvalue weighted by molar-refractivity contribution is 5.89. The first-order valence-corrected chi connectivity index (χ1v) is 3.41. The molecule has 1 aromatic heterocycles. The van der Waals surface area contributed by atoms with Crippen molar-refractivity contribution in [1.82, 2.24) is 10.4 Å². The summed E-state index contributed by atoms with van der Waals surface area (Å²) in [4.78, 5) is 16.2. The first-order chi connectivity index (χ1) is 5.75. The first kappa shape index (κ1) is 8.48. The van der Waals surface area contributed by atoms with Gasteiger partial charge >= 0.3 is 6.03 Å². The molecule has 1 heterocycles. The van der Waals surface area contributed by atoms with E-state index < -0.39 is 6.03 Å². The van der Waals surface area contributed by atoms with Crippen molar-refractivity contribution >= 4 is 11.8 Å². The summed E-state index contributed by atoms with van der Waals surface area (Å²) in [5.41, 5.74) is 2.01. The van der Waals surface area contributed by atoms with Gasteiger partial charge in [-0.2, -0.15) is 0 Å². The fourth-order valence-corrected chi connectivity index (χ4v) is 0.753. The topological polar surface area (TPSA) is 71.2 Å². The second-order valence-electron chi connectivity index (χ2n) is 2.20. The second kappa shape index (κ2) is 3.68. The molecule has 0 bridgehead atoms. The van der Waals surface area contributed by atoms with Gasteiger partial charge in [-0.3, -0.25) is 10.3 Å². The maximum absolute atomic E-state index is 11.0. The molecule has 0 fully saturated rings. The molecule has 64 valence electrons. The Labute approximate surface area is 70.2 Å². The highest BCUT2D eigenvalue weighted by Crippen LogP contribution is 2.05. The molecule has 1 rings (SSSR count). The van der Waals surface area contributed by atoms with Gasteiger partial charge in [-0.1, -0.05) is 6.07 Å². The number of nitrogens with one attached hydrogen (secondary N) is 1. The van der Waals surface area contributed by atoms with Gasteiger partial charge < -0.3 is 0 Å². The number of nitrogens with two attached hydrogens (primary N) is 1. The molecule has 2 amide bonds. The van der Waals surface area contributed by atoms with E-state index in [0.717, 1.165) is 0 Å². The summed E-state index contributed by atoms with van der Waals surface area (Å²) < 4.78 is 0. The van der Waals surface area contributed by atoms with Crippen LogP contribution in [-0.4, -0.2) is 18.1 Å². The largest absolute Gasteiger partial charge is 0.336 e. The number of carbonyl (C=O) groups is 1. The molecule has 0 aliphatic carbocycles. The van der Waals surface area contributed by atoms with Gasteiger partial charge in [0.15, 0.2) is 0 Å². The van der Waals surface area contributed by atoms with E-state index in [1.165, 1.54) is 4.90 Å². The van der Waals surface area contributed by atoms with Gasteiger partial charge in [-0.25, -0.2) is 15.6 Å². The standard InChI is InChI=1S/C7H10N4O/c1-11(7(12)10-8)6-4-2-3-5-9-6/h2-5H,8H2,1H3,(H,10,12). The van der Waals surface area contributed by atoms with E-state index in [1.54, 1.807) is 31.4 Å². The number of hydrogen-bond donors (Lipinski definition) is 2. The third-order valence-corrected chi connectivity index (χ3v) is 1.42. The monoisotopic (exact) mass is 166 g/mol. The van der Waals surface area contributed by atoms with E-state index in [-0.39, 0.29) is 0 Å². The van der Waals surface area contributed by atoms with Gasteiger partial charge in [0.2, 0.25) is 0 Å². The molecular formula is C7H10N4O. The Morgan fingerprint density at radius 3 is 2.92 bits per heavy atom. The van der Waals surface area contributed by atoms with E-state index in [0.29, 0.717) is 5.82 Å². The predicted molar refractivity (Wildman–Crippen MR) is 45.4 cm³/mol. The zero-order valence-corrected chi connectivity index (χ0v) is 6.69. The molecule has 1 aromatic rings. The lowest BCUT2D eigenvalue weighted by atomic mass is 10.4. The number of hydrazine groups is 1. The van der Waals surface area contributed by atoms with Crippen LogP contribution in [-0.2, 0) is 0 Å². The third-order valence-electron chi connectivity index (χ3n) is 1.42. The fourth-order valence-electron chi connectivity index (χ4n) is 0.753. The number of carbonyl (C=O) groups excluding carboxylic acids is 1. The molecular weight excluding hydrogens is 156 g/mol. The summed E-state index contributed by atoms with van der Waals surface area (Å²) in [6.07, 6.45) is 1.61. The summed E-state index contributed by atoms with van der Waals surface area (Å²) in [5, 5.41) is 0. The number of pyridine rings is 1. The molecule has 0 saturated carbocycles. The van der Waals surface area contributed by atoms with Crippen molar-refractivity contribution < 1.29 is 4.79 Å². The third kappa shape index (κ3) is 1.70. The van der Waals surface area contributed by atoms with E-state index >= 15 is 0 Å². The van der Waals surface area contributed by atoms with Gasteiger partial charge in [0.1, 0.15) is 5.82 Å². The SMILES string of the molecule is CN(C(=O)NN)c1ccccn1. The fraction of sp³-hybridized carbons (Fsp3) is 0.143. The number of amides is 2. The molecule has 0 spiro atoms. The minimum absolute atomic E-state index is 0.395. The second-order valence-corrected chi connectivity index (χ2v) is 2.20. The molecule has 0 radical (unpaired) electrons. The van der Waals surface area contributed by atoms with E-state index in [4.69, 9.17) is 5.84 Å². The summed E-state index contributed by atoms with van der Waals surface area (Å²) >= 11 is 0. The Bertz CT molecular complexity index is 261. The molecule has 0 aliphatic rings. The number of rotatable bonds is 1. The van der Waals surface area contributed by atoms with Crippen molar-refractivity contribution in [3.63, 3.8) is 0 Å². The molecule has 12 heavy (non-hydrogen) atoms. The van der Waals surface area contributed by atoms with Gasteiger partial charge in [0.25, 0.3) is 0 Å². The number of urea groups is 1. The molecule has 0 atom stereocenters. The van der Waals surface area contributed by atoms with Crippen molar-refractivity contribution in [2.75, 3.05) is 11.9 Å². The van der Waals surface area contributed by atoms with Gasteiger partial charge in [-0.15, -0.1) is 0 Å². The van der Waals surface area contributed by atoms with Gasteiger partial charge in [0, 0.05) is 13.2 Å². The Kier molecular flexibility index (Phi) is 2.60. The van der Waals surface area contributed by atoms with Crippen LogP contribution in [0.15, 0.2) is 24.4 Å². The van der Waals surface area contributed by atoms with Crippen molar-refractivity contribution in [2.24, 2.45) is 5.84 Å². The molecule has 0 unspecified atom stereocenters. The number of aromatic nitrogens is 1. The lowest BCUT2D eigenvalue weighted by molar-refractivity contribution is 0.247. The molecule has 0 aromatic carbocycles. The number of hydrogen-bond acceptors (Lipinski definition) is 3. The highest BCUT2D eigenvalue weighted by Gasteiger charge is 2.08. The Morgan fingerprint density at radius 2 is 2.42 bits per heavy atom. The Balaban J connectivity index is 2.78. The molecule has 5 nitrogen and oxygen atoms in total. The quantitative estimate of drug-likeness (QED) is 0.353. The van der Waals surface area contributed by atoms with Crippen LogP contribution in [0.4, 0.5) is 10.6 Å². The van der Waals surface area contributed by atoms with Gasteiger partial charge in [0.05, 0.1) is 0 Å². The maximum atomic E-state index is 11.0. The summed E-state index contributed by atoms with van der Waals surface area (Å²) in [6.45, 7) is 0. The van der Waals surface area contributed by atoms with E-state index in [2.05, 4.69) is 4.98 Å². The number of anilines is 1. The van der Waals surface area contributed by atoms with Crippen molar-refractivity contribution in [2.45, 2.75) is 0 Å². The predicted octanol–water partition coefficient (Wildman–Crippen LogP) is 0.101. The van der Waals surface area contributed by atoms with E-state index in [9.17, 15) is 4.79 Å². The van der Waals surface area contributed by atoms with Crippen LogP contribution in [0.2, 0.25) is 0 Å². The zero-order chi connectivity index (χ0) is 8.97. The molecule has 0 saturated heterocycles. The van der Waals surface area contributed by atoms with Crippen LogP contribution in [0.3, 0.4) is 0 Å². The van der Waals surface area contributed by atoms with Crippen LogP contribution in [0.5, 0.6) is 0 Å². The van der Waals surface area contributed by atoms with Crippen LogP contribution in [0.1, 0.15) is 0 Å². The van der Waals surface area contributed by atoms with E-state index in [1.807, 2.05) is 5.43 Å². The van der Waals surface area contributed by atoms with Crippen LogP contribution < -0.4 is 16.2 Å². The lowest BCUT2D eigenvalue weighted by Gasteiger charge is -2.14. The minimum atomic E-state index is -0.395. The minimum Gasteiger partial charge on any atom is -0.281 e. The summed E-state index contributed by atoms with van der Waals surface area (Å²) in [5.74, 6) is 5.50. The summed E-state index contributed by atoms with van der Waals surface area (Å²) in [6, 6.07) is 4.89. The normalized spacial score (nSPS) is 9.17. The van der Waals surface area contributed by atoms with Crippen LogP contribution >= 0.6 is 0 Å². The van der Waals surface area contributed by atoms with Crippen molar-refractivity contribution in [1.29, 1.82) is 0 Å². The first-order valence-electron chi connectivity index (χ1n) is 3.41. The van der Waals surface area contributed by atoms with Crippen molar-refractivity contribution in [3.8, 4) is 0 Å². The zero-order valence-electron chi connectivity index (χ0n) is 6.69. The Morgan fingerprint density at radius 1 is 1.67 bits per heavy atom. The molecule has 5 heteroatoms. The Hall–Kier alpha value is -1.62. The van der Waals surface area contributed by atoms with Crippen molar-refractivity contribution in [3.05, 3.63) is 24.4 Å². The molecule has 3 N–H and O–H groups in total. The lowest BCUT2D eigenvalue weighted by Crippen LogP contribution is -2.41.